The first-order valence-electron chi connectivity index (χ1n) is 28.4. The maximum absolute atomic E-state index is 14.4. The summed E-state index contributed by atoms with van der Waals surface area (Å²) in [5.41, 5.74) is 10.4. The second kappa shape index (κ2) is 22.7. The third-order valence-electron chi connectivity index (χ3n) is 17.3. The Kier molecular flexibility index (Phi) is 15.1. The van der Waals surface area contributed by atoms with Crippen LogP contribution < -0.4 is 19.9 Å². The van der Waals surface area contributed by atoms with Crippen LogP contribution >= 0.6 is 11.3 Å². The number of aromatic amines is 1. The molecule has 2 amide bonds. The molecule has 4 fully saturated rings. The van der Waals surface area contributed by atoms with Crippen LogP contribution in [-0.2, 0) is 22.6 Å². The van der Waals surface area contributed by atoms with Crippen LogP contribution in [0.15, 0.2) is 89.0 Å². The molecular weight excluding hydrogens is 1020 g/mol. The number of anilines is 2. The second-order valence-electron chi connectivity index (χ2n) is 23.0. The molecule has 19 heteroatoms. The summed E-state index contributed by atoms with van der Waals surface area (Å²) in [5, 5.41) is 38.8. The molecule has 1 unspecified atom stereocenters. The van der Waals surface area contributed by atoms with Crippen molar-refractivity contribution in [2.75, 3.05) is 75.2 Å². The van der Waals surface area contributed by atoms with Crippen molar-refractivity contribution >= 4 is 45.7 Å². The minimum absolute atomic E-state index is 0.0877. The van der Waals surface area contributed by atoms with E-state index in [1.165, 1.54) is 24.1 Å². The first-order chi connectivity index (χ1) is 38.4. The molecule has 3 saturated heterocycles. The van der Waals surface area contributed by atoms with Crippen LogP contribution in [0.4, 0.5) is 11.5 Å². The van der Waals surface area contributed by atoms with E-state index < -0.39 is 18.1 Å². The average Bonchev–Trinajstić information content (AvgIpc) is 4.30. The van der Waals surface area contributed by atoms with Crippen LogP contribution in [0, 0.1) is 24.7 Å². The quantitative estimate of drug-likeness (QED) is 0.0724. The van der Waals surface area contributed by atoms with E-state index in [0.29, 0.717) is 34.7 Å². The number of carbonyl (C=O) groups excluding carboxylic acids is 2. The number of likely N-dealkylation sites (tertiary alicyclic amines) is 2. The smallest absolute Gasteiger partial charge is 0.243 e. The predicted molar refractivity (Wildman–Crippen MR) is 304 cm³/mol. The van der Waals surface area contributed by atoms with E-state index in [2.05, 4.69) is 67.4 Å². The van der Waals surface area contributed by atoms with Crippen molar-refractivity contribution in [2.45, 2.75) is 103 Å². The van der Waals surface area contributed by atoms with Gasteiger partial charge in [-0.3, -0.25) is 14.5 Å². The number of phenolic OH excluding ortho intramolecular Hbond substituents is 1. The van der Waals surface area contributed by atoms with Crippen LogP contribution in [0.3, 0.4) is 0 Å². The summed E-state index contributed by atoms with van der Waals surface area (Å²) in [6.45, 7) is 17.6. The van der Waals surface area contributed by atoms with Gasteiger partial charge in [0, 0.05) is 118 Å². The Morgan fingerprint density at radius 1 is 0.873 bits per heavy atom. The lowest BCUT2D eigenvalue weighted by molar-refractivity contribution is -0.141. The lowest BCUT2D eigenvalue weighted by Gasteiger charge is -2.42. The van der Waals surface area contributed by atoms with Gasteiger partial charge in [-0.1, -0.05) is 55.4 Å². The number of ether oxygens (including phenoxy) is 1. The number of hydrogen-bond donors (Lipinski definition) is 4. The third-order valence-corrected chi connectivity index (χ3v) is 18.3. The number of pyridine rings is 1. The highest BCUT2D eigenvalue weighted by atomic mass is 32.1. The minimum atomic E-state index is -0.799. The van der Waals surface area contributed by atoms with Gasteiger partial charge in [0.05, 0.1) is 33.9 Å². The van der Waals surface area contributed by atoms with Crippen LogP contribution in [0.5, 0.6) is 11.6 Å². The molecule has 4 N–H and O–H groups in total. The lowest BCUT2D eigenvalue weighted by Crippen LogP contribution is -2.49. The van der Waals surface area contributed by atoms with E-state index in [4.69, 9.17) is 9.26 Å². The molecule has 18 nitrogen and oxygen atoms in total. The topological polar surface area (TPSA) is 205 Å². The van der Waals surface area contributed by atoms with Crippen LogP contribution in [0.1, 0.15) is 93.1 Å². The van der Waals surface area contributed by atoms with Crippen LogP contribution in [0.2, 0.25) is 0 Å². The normalized spacial score (nSPS) is 22.0. The maximum atomic E-state index is 14.4. The number of rotatable bonds is 16. The van der Waals surface area contributed by atoms with E-state index in [-0.39, 0.29) is 48.6 Å². The number of carbonyl (C=O) groups is 2. The number of nitrogens with one attached hydrogen (secondary N) is 2. The summed E-state index contributed by atoms with van der Waals surface area (Å²) in [4.78, 5) is 53.2. The van der Waals surface area contributed by atoms with Gasteiger partial charge in [0.1, 0.15) is 23.8 Å². The number of aromatic nitrogens is 6. The monoisotopic (exact) mass is 1090 g/mol. The third kappa shape index (κ3) is 11.3. The van der Waals surface area contributed by atoms with Crippen LogP contribution in [-0.4, -0.2) is 151 Å². The van der Waals surface area contributed by atoms with Crippen molar-refractivity contribution in [1.82, 2.24) is 50.3 Å². The number of para-hydroxylation sites is 1. The molecule has 414 valence electrons. The molecule has 4 aliphatic heterocycles. The molecule has 0 spiro atoms. The fraction of sp³-hybridized carbons (Fsp3) is 0.483. The highest BCUT2D eigenvalue weighted by molar-refractivity contribution is 7.13. The Labute approximate surface area is 465 Å². The zero-order valence-electron chi connectivity index (χ0n) is 45.6. The number of fused-ring (bicyclic) bond motifs is 3. The first-order valence-corrected chi connectivity index (χ1v) is 29.2. The van der Waals surface area contributed by atoms with Gasteiger partial charge in [-0.25, -0.2) is 9.97 Å². The fourth-order valence-electron chi connectivity index (χ4n) is 12.7. The number of benzene rings is 2. The van der Waals surface area contributed by atoms with Crippen molar-refractivity contribution in [3.05, 3.63) is 113 Å². The summed E-state index contributed by atoms with van der Waals surface area (Å²) in [7, 11) is 0. The number of piperidine rings is 1. The number of nitrogens with zero attached hydrogens (tertiary/aromatic N) is 10. The Hall–Kier alpha value is -6.93. The van der Waals surface area contributed by atoms with Gasteiger partial charge in [0.2, 0.25) is 17.7 Å². The van der Waals surface area contributed by atoms with Crippen LogP contribution in [0.25, 0.3) is 32.7 Å². The van der Waals surface area contributed by atoms with Gasteiger partial charge < -0.3 is 49.4 Å². The molecule has 5 aromatic heterocycles. The zero-order valence-corrected chi connectivity index (χ0v) is 46.4. The average molecular weight is 1090 g/mol. The molecule has 79 heavy (non-hydrogen) atoms. The summed E-state index contributed by atoms with van der Waals surface area (Å²) in [5.74, 6) is 2.11. The maximum Gasteiger partial charge on any atom is 0.243 e. The van der Waals surface area contributed by atoms with Gasteiger partial charge in [0.25, 0.3) is 0 Å². The van der Waals surface area contributed by atoms with Gasteiger partial charge >= 0.3 is 0 Å². The Balaban J connectivity index is 0.569. The Bertz CT molecular complexity index is 3270. The highest BCUT2D eigenvalue weighted by Crippen LogP contribution is 2.38. The molecule has 1 saturated carbocycles. The fourth-order valence-corrected chi connectivity index (χ4v) is 13.5. The van der Waals surface area contributed by atoms with E-state index in [1.807, 2.05) is 94.0 Å². The molecule has 2 aromatic carbocycles. The molecule has 9 heterocycles. The molecule has 7 aromatic rings. The lowest BCUT2D eigenvalue weighted by atomic mass is 9.81. The number of aliphatic hydroxyl groups is 1. The summed E-state index contributed by atoms with van der Waals surface area (Å²) in [6, 6.07) is 22.3. The highest BCUT2D eigenvalue weighted by Gasteiger charge is 2.44. The van der Waals surface area contributed by atoms with Gasteiger partial charge in [0.15, 0.2) is 17.2 Å². The zero-order chi connectivity index (χ0) is 54.3. The molecule has 0 radical (unpaired) electrons. The Morgan fingerprint density at radius 3 is 2.41 bits per heavy atom. The number of hydrogen-bond acceptors (Lipinski definition) is 16. The minimum Gasteiger partial charge on any atom is -0.507 e. The van der Waals surface area contributed by atoms with Crippen molar-refractivity contribution in [3.8, 4) is 33.3 Å². The largest absolute Gasteiger partial charge is 0.507 e. The molecule has 4 atom stereocenters. The molecular formula is C60H72N12O6S. The molecule has 12 rings (SSSR count). The van der Waals surface area contributed by atoms with Gasteiger partial charge in [-0.2, -0.15) is 0 Å². The molecule has 0 bridgehead atoms. The van der Waals surface area contributed by atoms with E-state index in [9.17, 15) is 19.8 Å². The van der Waals surface area contributed by atoms with E-state index in [1.54, 1.807) is 22.3 Å². The van der Waals surface area contributed by atoms with Crippen molar-refractivity contribution in [3.63, 3.8) is 0 Å². The number of β-amino-alcohol motifs (C(OH)–C–C–N with tert-alkyl or cyclic N) is 1. The van der Waals surface area contributed by atoms with Crippen molar-refractivity contribution in [2.24, 2.45) is 17.8 Å². The number of phenols is 1. The molecule has 5 aliphatic rings. The summed E-state index contributed by atoms with van der Waals surface area (Å²) >= 11 is 1.60. The number of piperazine rings is 1. The van der Waals surface area contributed by atoms with Crippen molar-refractivity contribution < 1.29 is 29.1 Å². The second-order valence-corrected chi connectivity index (χ2v) is 23.9. The summed E-state index contributed by atoms with van der Waals surface area (Å²) in [6.07, 6.45) is 6.79. The number of aryl methyl sites for hydroxylation is 1. The predicted octanol–water partition coefficient (Wildman–Crippen LogP) is 7.98. The number of aromatic hydroxyl groups is 1. The van der Waals surface area contributed by atoms with E-state index >= 15 is 0 Å². The first kappa shape index (κ1) is 52.8. The van der Waals surface area contributed by atoms with Crippen molar-refractivity contribution in [1.29, 1.82) is 0 Å². The van der Waals surface area contributed by atoms with E-state index in [0.717, 1.165) is 129 Å². The number of aliphatic hydroxyl groups excluding tert-OH is 1. The number of H-pyrrole nitrogens is 1. The number of thiazole rings is 1. The van der Waals surface area contributed by atoms with Gasteiger partial charge in [-0.05, 0) is 106 Å². The standard InChI is InChI=1S/C60H72N12O6S/c1-36(2)56(60(76)72-33-44(73)28-51(72)59(75)63-37(3)41-9-11-42(12-10-41)57-38(4)62-35-79-57)53-30-54(67-78-53)70-23-21-69(22-24-70)31-39-14-18-68(19-15-39)32-40-25-45(26-40)77-55-27-43(13-17-61-55)71-20-16-49-48(34-71)47-29-50(65-66-58(47)64-49)46-7-5-6-8-52(46)74/h5-13,17,27,29-30,35-37,39-40,44-45,51,56,73-74H,14-16,18-26,28,31-34H2,1-4H3,(H,63,75)(H,64,66)/t37-,40-,44+,45-,51-,56?/m0/s1. The molecule has 1 aliphatic carbocycles. The number of amides is 2. The summed E-state index contributed by atoms with van der Waals surface area (Å²) < 4.78 is 12.4. The van der Waals surface area contributed by atoms with Gasteiger partial charge in [-0.15, -0.1) is 21.5 Å². The SMILES string of the molecule is Cc1ncsc1-c1ccc([C@H](C)NC(=O)[C@@H]2C[C@@H](O)CN2C(=O)C(c2cc(N3CCN(CC4CCN(C[C@H]5C[C@H](Oc6cc(N7CCc8[nH]c9nnc(-c%10ccccc%10O)cc9c8C7)ccn6)C5)CC4)CC3)no2)C(C)C)cc1. The Morgan fingerprint density at radius 2 is 1.65 bits per heavy atom.